The van der Waals surface area contributed by atoms with Gasteiger partial charge in [0, 0.05) is 6.42 Å². The van der Waals surface area contributed by atoms with Crippen molar-refractivity contribution in [1.29, 1.82) is 0 Å². The molecule has 1 rings (SSSR count). The van der Waals surface area contributed by atoms with Crippen LogP contribution in [0.25, 0.3) is 0 Å². The highest BCUT2D eigenvalue weighted by atomic mass is 16.4. The largest absolute Gasteiger partial charge is 0.481 e. The molecule has 4 heteroatoms. The fourth-order valence-corrected chi connectivity index (χ4v) is 4.30. The third-order valence-electron chi connectivity index (χ3n) is 5.85. The Labute approximate surface area is 153 Å². The molecule has 1 aliphatic rings. The van der Waals surface area contributed by atoms with Crippen LogP contribution in [0.5, 0.6) is 0 Å². The van der Waals surface area contributed by atoms with E-state index in [4.69, 9.17) is 5.11 Å². The van der Waals surface area contributed by atoms with Gasteiger partial charge in [-0.25, -0.2) is 0 Å². The van der Waals surface area contributed by atoms with Crippen LogP contribution in [0.3, 0.4) is 0 Å². The van der Waals surface area contributed by atoms with Crippen molar-refractivity contribution in [3.63, 3.8) is 0 Å². The summed E-state index contributed by atoms with van der Waals surface area (Å²) >= 11 is 0. The molecular weight excluding hydrogens is 316 g/mol. The molecule has 1 fully saturated rings. The zero-order chi connectivity index (χ0) is 18.5. The monoisotopic (exact) mass is 354 g/mol. The lowest BCUT2D eigenvalue weighted by Crippen LogP contribution is -2.31. The number of hydrogen-bond acceptors (Lipinski definition) is 2. The molecule has 0 heterocycles. The predicted molar refractivity (Wildman–Crippen MR) is 101 cm³/mol. The molecule has 0 aromatic heterocycles. The van der Waals surface area contributed by atoms with Crippen LogP contribution in [-0.4, -0.2) is 22.2 Å². The number of rotatable bonds is 14. The molecular formula is C21H38O4. The van der Waals surface area contributed by atoms with Gasteiger partial charge >= 0.3 is 11.9 Å². The summed E-state index contributed by atoms with van der Waals surface area (Å²) in [6.07, 6.45) is 15.8. The van der Waals surface area contributed by atoms with Gasteiger partial charge in [-0.3, -0.25) is 9.59 Å². The second-order valence-electron chi connectivity index (χ2n) is 7.93. The van der Waals surface area contributed by atoms with Crippen molar-refractivity contribution in [2.24, 2.45) is 17.8 Å². The Morgan fingerprint density at radius 1 is 0.840 bits per heavy atom. The third-order valence-corrected chi connectivity index (χ3v) is 5.85. The Morgan fingerprint density at radius 3 is 2.16 bits per heavy atom. The molecule has 0 saturated heterocycles. The average molecular weight is 355 g/mol. The van der Waals surface area contributed by atoms with Crippen molar-refractivity contribution in [3.8, 4) is 0 Å². The predicted octanol–water partition coefficient (Wildman–Crippen LogP) is 5.89. The maximum atomic E-state index is 11.7. The molecule has 1 aliphatic carbocycles. The fourth-order valence-electron chi connectivity index (χ4n) is 4.30. The van der Waals surface area contributed by atoms with Crippen LogP contribution in [0.4, 0.5) is 0 Å². The van der Waals surface area contributed by atoms with Gasteiger partial charge in [0.2, 0.25) is 0 Å². The van der Waals surface area contributed by atoms with Crippen LogP contribution in [0.2, 0.25) is 0 Å². The van der Waals surface area contributed by atoms with Crippen molar-refractivity contribution < 1.29 is 19.8 Å². The number of hydrogen-bond donors (Lipinski definition) is 2. The molecule has 0 aliphatic heterocycles. The Balaban J connectivity index is 2.19. The van der Waals surface area contributed by atoms with Crippen molar-refractivity contribution in [2.75, 3.05) is 0 Å². The topological polar surface area (TPSA) is 74.6 Å². The van der Waals surface area contributed by atoms with Crippen LogP contribution in [0, 0.1) is 17.8 Å². The Hall–Kier alpha value is -1.06. The highest BCUT2D eigenvalue weighted by molar-refractivity contribution is 5.70. The summed E-state index contributed by atoms with van der Waals surface area (Å²) in [6, 6.07) is 0. The molecule has 4 nitrogen and oxygen atoms in total. The summed E-state index contributed by atoms with van der Waals surface area (Å²) in [6.45, 7) is 2.21. The van der Waals surface area contributed by atoms with Gasteiger partial charge in [-0.05, 0) is 37.5 Å². The van der Waals surface area contributed by atoms with E-state index in [0.717, 1.165) is 57.8 Å². The van der Waals surface area contributed by atoms with Crippen molar-refractivity contribution in [1.82, 2.24) is 0 Å². The van der Waals surface area contributed by atoms with Gasteiger partial charge in [0.05, 0.1) is 5.92 Å². The van der Waals surface area contributed by atoms with Crippen LogP contribution in [0.15, 0.2) is 0 Å². The summed E-state index contributed by atoms with van der Waals surface area (Å²) in [4.78, 5) is 22.1. The lowest BCUT2D eigenvalue weighted by Gasteiger charge is -2.34. The summed E-state index contributed by atoms with van der Waals surface area (Å²) in [5, 5.41) is 18.2. The number of carboxylic acid groups (broad SMARTS) is 2. The summed E-state index contributed by atoms with van der Waals surface area (Å²) in [5.41, 5.74) is 0. The first-order valence-corrected chi connectivity index (χ1v) is 10.5. The molecule has 0 bridgehead atoms. The molecule has 2 N–H and O–H groups in total. The van der Waals surface area contributed by atoms with Crippen LogP contribution < -0.4 is 0 Å². The number of carboxylic acids is 2. The van der Waals surface area contributed by atoms with Gasteiger partial charge < -0.3 is 10.2 Å². The summed E-state index contributed by atoms with van der Waals surface area (Å²) in [7, 11) is 0. The quantitative estimate of drug-likeness (QED) is 0.381. The molecule has 0 spiro atoms. The van der Waals surface area contributed by atoms with Gasteiger partial charge in [-0.1, -0.05) is 71.1 Å². The minimum atomic E-state index is -0.703. The number of carbonyl (C=O) groups is 2. The Kier molecular flexibility index (Phi) is 11.6. The summed E-state index contributed by atoms with van der Waals surface area (Å²) < 4.78 is 0. The van der Waals surface area contributed by atoms with Gasteiger partial charge in [0.15, 0.2) is 0 Å². The van der Waals surface area contributed by atoms with Gasteiger partial charge in [0.1, 0.15) is 0 Å². The molecule has 3 unspecified atom stereocenters. The minimum Gasteiger partial charge on any atom is -0.481 e. The number of unbranched alkanes of at least 4 members (excludes halogenated alkanes) is 7. The smallest absolute Gasteiger partial charge is 0.306 e. The van der Waals surface area contributed by atoms with Gasteiger partial charge in [0.25, 0.3) is 0 Å². The Bertz CT molecular complexity index is 380. The van der Waals surface area contributed by atoms with Crippen molar-refractivity contribution in [2.45, 2.75) is 103 Å². The second-order valence-corrected chi connectivity index (χ2v) is 7.93. The molecule has 0 radical (unpaired) electrons. The first-order chi connectivity index (χ1) is 12.0. The highest BCUT2D eigenvalue weighted by Crippen LogP contribution is 2.39. The van der Waals surface area contributed by atoms with E-state index < -0.39 is 11.9 Å². The van der Waals surface area contributed by atoms with Crippen LogP contribution in [0.1, 0.15) is 103 Å². The first-order valence-electron chi connectivity index (χ1n) is 10.5. The van der Waals surface area contributed by atoms with Crippen molar-refractivity contribution in [3.05, 3.63) is 0 Å². The van der Waals surface area contributed by atoms with Crippen LogP contribution >= 0.6 is 0 Å². The first kappa shape index (κ1) is 22.0. The zero-order valence-corrected chi connectivity index (χ0v) is 16.0. The second kappa shape index (κ2) is 13.2. The van der Waals surface area contributed by atoms with Gasteiger partial charge in [-0.2, -0.15) is 0 Å². The van der Waals surface area contributed by atoms with E-state index in [1.165, 1.54) is 32.1 Å². The number of aliphatic carboxylic acids is 2. The lowest BCUT2D eigenvalue weighted by molar-refractivity contribution is -0.146. The van der Waals surface area contributed by atoms with Crippen molar-refractivity contribution >= 4 is 11.9 Å². The molecule has 0 amide bonds. The molecule has 3 atom stereocenters. The van der Waals surface area contributed by atoms with E-state index >= 15 is 0 Å². The average Bonchev–Trinajstić information content (AvgIpc) is 2.58. The van der Waals surface area contributed by atoms with E-state index in [1.54, 1.807) is 0 Å². The molecule has 1 saturated carbocycles. The zero-order valence-electron chi connectivity index (χ0n) is 16.0. The maximum Gasteiger partial charge on any atom is 0.306 e. The SMILES string of the molecule is CCCCCCC1CCC(CCCCCCCC(=O)O)CC1C(=O)O. The van der Waals surface area contributed by atoms with E-state index in [-0.39, 0.29) is 12.3 Å². The third kappa shape index (κ3) is 9.86. The molecule has 0 aromatic rings. The molecule has 0 aromatic carbocycles. The standard InChI is InChI=1S/C21H38O4/c1-2-3-4-9-12-18-15-14-17(16-19(18)21(24)25)11-8-6-5-7-10-13-20(22)23/h17-19H,2-16H2,1H3,(H,22,23)(H,24,25). The summed E-state index contributed by atoms with van der Waals surface area (Å²) in [5.74, 6) is -0.449. The minimum absolute atomic E-state index is 0.129. The van der Waals surface area contributed by atoms with E-state index in [0.29, 0.717) is 11.8 Å². The normalized spacial score (nSPS) is 23.5. The Morgan fingerprint density at radius 2 is 1.48 bits per heavy atom. The molecule has 146 valence electrons. The lowest BCUT2D eigenvalue weighted by atomic mass is 9.71. The van der Waals surface area contributed by atoms with E-state index in [2.05, 4.69) is 6.92 Å². The van der Waals surface area contributed by atoms with Gasteiger partial charge in [-0.15, -0.1) is 0 Å². The van der Waals surface area contributed by atoms with E-state index in [1.807, 2.05) is 0 Å². The highest BCUT2D eigenvalue weighted by Gasteiger charge is 2.34. The fraction of sp³-hybridized carbons (Fsp3) is 0.905. The molecule has 25 heavy (non-hydrogen) atoms. The van der Waals surface area contributed by atoms with E-state index in [9.17, 15) is 14.7 Å². The maximum absolute atomic E-state index is 11.7. The van der Waals surface area contributed by atoms with Crippen LogP contribution in [-0.2, 0) is 9.59 Å².